The smallest absolute Gasteiger partial charge is 0.326 e. The van der Waals surface area contributed by atoms with E-state index in [-0.39, 0.29) is 12.8 Å². The van der Waals surface area contributed by atoms with E-state index in [4.69, 9.17) is 0 Å². The van der Waals surface area contributed by atoms with Crippen molar-refractivity contribution >= 4 is 11.6 Å². The monoisotopic (exact) mass is 219 g/mol. The first-order chi connectivity index (χ1) is 6.79. The number of benzene rings is 1. The largest absolute Gasteiger partial charge is 0.386 e. The normalized spacial score (nSPS) is 9.93. The van der Waals surface area contributed by atoms with Gasteiger partial charge in [-0.25, -0.2) is 0 Å². The molecule has 0 bridgehead atoms. The summed E-state index contributed by atoms with van der Waals surface area (Å²) in [5, 5.41) is 2.67. The van der Waals surface area contributed by atoms with E-state index < -0.39 is 6.18 Å². The number of hydrogen-bond donors (Lipinski definition) is 1. The van der Waals surface area contributed by atoms with Crippen LogP contribution in [0.15, 0.2) is 30.3 Å². The maximum Gasteiger partial charge on any atom is 0.386 e. The molecule has 1 N–H and O–H groups in total. The van der Waals surface area contributed by atoms with Crippen LogP contribution in [0.25, 0.3) is 0 Å². The van der Waals surface area contributed by atoms with Crippen LogP contribution in [0.4, 0.5) is 18.9 Å². The topological polar surface area (TPSA) is 29.1 Å². The second-order valence-electron chi connectivity index (χ2n) is 2.83. The Kier molecular flexibility index (Phi) is 5.44. The minimum Gasteiger partial charge on any atom is -0.326 e. The Labute approximate surface area is 86.1 Å². The van der Waals surface area contributed by atoms with Crippen molar-refractivity contribution in [2.75, 3.05) is 5.32 Å². The molecule has 0 fully saturated rings. The Morgan fingerprint density at radius 2 is 1.60 bits per heavy atom. The van der Waals surface area contributed by atoms with E-state index in [1.807, 2.05) is 30.3 Å². The summed E-state index contributed by atoms with van der Waals surface area (Å²) >= 11 is 0. The van der Waals surface area contributed by atoms with Gasteiger partial charge in [0.2, 0.25) is 5.91 Å². The van der Waals surface area contributed by atoms with Crippen molar-refractivity contribution in [2.24, 2.45) is 0 Å². The minimum absolute atomic E-state index is 0.0359. The fourth-order valence-corrected chi connectivity index (χ4v) is 0.725. The molecule has 0 aliphatic heterocycles. The first kappa shape index (κ1) is 13.5. The molecule has 0 unspecified atom stereocenters. The lowest BCUT2D eigenvalue weighted by Crippen LogP contribution is -2.04. The number of carbonyl (C=O) groups excluding carboxylic acids is 1. The average Bonchev–Trinajstić information content (AvgIpc) is 2.01. The van der Waals surface area contributed by atoms with Gasteiger partial charge in [-0.15, -0.1) is 0 Å². The van der Waals surface area contributed by atoms with Gasteiger partial charge in [0.1, 0.15) is 0 Å². The molecular formula is C10H12F3NO. The quantitative estimate of drug-likeness (QED) is 0.772. The van der Waals surface area contributed by atoms with E-state index in [2.05, 4.69) is 5.32 Å². The molecule has 15 heavy (non-hydrogen) atoms. The van der Waals surface area contributed by atoms with Gasteiger partial charge in [0.15, 0.2) is 0 Å². The molecule has 0 radical (unpaired) electrons. The molecule has 1 amide bonds. The second-order valence-corrected chi connectivity index (χ2v) is 2.83. The Bertz CT molecular complexity index is 289. The fraction of sp³-hybridized carbons (Fsp3) is 0.300. The molecule has 0 spiro atoms. The first-order valence-corrected chi connectivity index (χ1v) is 4.18. The summed E-state index contributed by atoms with van der Waals surface area (Å²) in [6, 6.07) is 9.37. The van der Waals surface area contributed by atoms with E-state index >= 15 is 0 Å². The van der Waals surface area contributed by atoms with Crippen LogP contribution in [0.3, 0.4) is 0 Å². The van der Waals surface area contributed by atoms with E-state index in [1.165, 1.54) is 6.92 Å². The van der Waals surface area contributed by atoms with Crippen LogP contribution in [-0.2, 0) is 4.79 Å². The van der Waals surface area contributed by atoms with Crippen LogP contribution < -0.4 is 5.32 Å². The molecule has 1 aromatic rings. The van der Waals surface area contributed by atoms with Crippen molar-refractivity contribution in [3.8, 4) is 0 Å². The molecule has 5 heteroatoms. The summed E-state index contributed by atoms with van der Waals surface area (Å²) in [7, 11) is 0. The molecule has 84 valence electrons. The molecule has 0 aromatic heterocycles. The molecule has 0 saturated carbocycles. The molecular weight excluding hydrogens is 207 g/mol. The molecule has 1 aromatic carbocycles. The highest BCUT2D eigenvalue weighted by atomic mass is 19.4. The van der Waals surface area contributed by atoms with Crippen LogP contribution in [0.5, 0.6) is 0 Å². The second kappa shape index (κ2) is 6.06. The summed E-state index contributed by atoms with van der Waals surface area (Å²) in [6.45, 7) is 1.68. The van der Waals surface area contributed by atoms with Gasteiger partial charge >= 0.3 is 6.18 Å². The number of carbonyl (C=O) groups is 1. The van der Waals surface area contributed by atoms with Crippen molar-refractivity contribution < 1.29 is 18.0 Å². The van der Waals surface area contributed by atoms with Gasteiger partial charge in [0.05, 0.1) is 0 Å². The number of rotatable bonds is 1. The van der Waals surface area contributed by atoms with Crippen LogP contribution in [0, 0.1) is 0 Å². The molecule has 0 aliphatic rings. The van der Waals surface area contributed by atoms with Crippen LogP contribution in [0.2, 0.25) is 0 Å². The van der Waals surface area contributed by atoms with Crippen molar-refractivity contribution in [2.45, 2.75) is 20.0 Å². The van der Waals surface area contributed by atoms with Gasteiger partial charge in [-0.3, -0.25) is 4.79 Å². The van der Waals surface area contributed by atoms with E-state index in [1.54, 1.807) is 0 Å². The SMILES string of the molecule is CC(=O)Nc1ccccc1.CC(F)(F)F. The highest BCUT2D eigenvalue weighted by Crippen LogP contribution is 2.10. The Hall–Kier alpha value is -1.52. The molecule has 0 heterocycles. The summed E-state index contributed by atoms with van der Waals surface area (Å²) in [5.41, 5.74) is 0.843. The Balaban J connectivity index is 0.000000336. The lowest BCUT2D eigenvalue weighted by Gasteiger charge is -1.98. The molecule has 0 aliphatic carbocycles. The van der Waals surface area contributed by atoms with Gasteiger partial charge in [-0.05, 0) is 12.1 Å². The maximum atomic E-state index is 10.5. The zero-order chi connectivity index (χ0) is 11.9. The van der Waals surface area contributed by atoms with Gasteiger partial charge in [0, 0.05) is 19.5 Å². The zero-order valence-corrected chi connectivity index (χ0v) is 8.43. The van der Waals surface area contributed by atoms with Crippen LogP contribution >= 0.6 is 0 Å². The van der Waals surface area contributed by atoms with E-state index in [0.717, 1.165) is 5.69 Å². The third kappa shape index (κ3) is 12.5. The number of nitrogens with one attached hydrogen (secondary N) is 1. The number of halogens is 3. The molecule has 2 nitrogen and oxygen atoms in total. The van der Waals surface area contributed by atoms with Crippen molar-refractivity contribution in [1.29, 1.82) is 0 Å². The summed E-state index contributed by atoms with van der Waals surface area (Å²) < 4.78 is 31.1. The van der Waals surface area contributed by atoms with Gasteiger partial charge in [0.25, 0.3) is 0 Å². The average molecular weight is 219 g/mol. The minimum atomic E-state index is -4.00. The van der Waals surface area contributed by atoms with Gasteiger partial charge in [-0.2, -0.15) is 13.2 Å². The highest BCUT2D eigenvalue weighted by Gasteiger charge is 2.15. The molecule has 1 rings (SSSR count). The maximum absolute atomic E-state index is 10.5. The summed E-state index contributed by atoms with van der Waals surface area (Å²) in [5.74, 6) is -0.0359. The Morgan fingerprint density at radius 3 is 1.93 bits per heavy atom. The predicted molar refractivity (Wildman–Crippen MR) is 52.5 cm³/mol. The summed E-state index contributed by atoms with van der Waals surface area (Å²) in [6.07, 6.45) is -4.00. The molecule has 0 atom stereocenters. The summed E-state index contributed by atoms with van der Waals surface area (Å²) in [4.78, 5) is 10.5. The van der Waals surface area contributed by atoms with Crippen molar-refractivity contribution in [3.63, 3.8) is 0 Å². The first-order valence-electron chi connectivity index (χ1n) is 4.18. The van der Waals surface area contributed by atoms with Crippen LogP contribution in [0.1, 0.15) is 13.8 Å². The number of amides is 1. The number of alkyl halides is 3. The fourth-order valence-electron chi connectivity index (χ4n) is 0.725. The number of para-hydroxylation sites is 1. The van der Waals surface area contributed by atoms with E-state index in [9.17, 15) is 18.0 Å². The van der Waals surface area contributed by atoms with Crippen LogP contribution in [-0.4, -0.2) is 12.1 Å². The number of hydrogen-bond acceptors (Lipinski definition) is 1. The lowest BCUT2D eigenvalue weighted by atomic mass is 10.3. The highest BCUT2D eigenvalue weighted by molar-refractivity contribution is 5.88. The lowest BCUT2D eigenvalue weighted by molar-refractivity contribution is -0.114. The Morgan fingerprint density at radius 1 is 1.20 bits per heavy atom. The third-order valence-corrected chi connectivity index (χ3v) is 1.09. The zero-order valence-electron chi connectivity index (χ0n) is 8.43. The van der Waals surface area contributed by atoms with Gasteiger partial charge in [-0.1, -0.05) is 18.2 Å². The van der Waals surface area contributed by atoms with E-state index in [0.29, 0.717) is 0 Å². The predicted octanol–water partition coefficient (Wildman–Crippen LogP) is 3.21. The third-order valence-electron chi connectivity index (χ3n) is 1.09. The molecule has 0 saturated heterocycles. The number of anilines is 1. The van der Waals surface area contributed by atoms with Gasteiger partial charge < -0.3 is 5.32 Å². The van der Waals surface area contributed by atoms with Crippen molar-refractivity contribution in [1.82, 2.24) is 0 Å². The standard InChI is InChI=1S/C8H9NO.C2H3F3/c1-7(10)9-8-5-3-2-4-6-8;1-2(3,4)5/h2-6H,1H3,(H,9,10);1H3. The van der Waals surface area contributed by atoms with Crippen molar-refractivity contribution in [3.05, 3.63) is 30.3 Å².